The summed E-state index contributed by atoms with van der Waals surface area (Å²) >= 11 is 0. The van der Waals surface area contributed by atoms with Gasteiger partial charge in [-0.25, -0.2) is 0 Å². The van der Waals surface area contributed by atoms with Crippen LogP contribution in [0.5, 0.6) is 11.5 Å². The summed E-state index contributed by atoms with van der Waals surface area (Å²) in [7, 11) is 3.26. The first-order chi connectivity index (χ1) is 10.5. The van der Waals surface area contributed by atoms with Crippen molar-refractivity contribution >= 4 is 5.91 Å². The molecule has 0 spiro atoms. The van der Waals surface area contributed by atoms with Crippen LogP contribution >= 0.6 is 0 Å². The summed E-state index contributed by atoms with van der Waals surface area (Å²) in [4.78, 5) is 14.4. The quantitative estimate of drug-likeness (QED) is 0.902. The van der Waals surface area contributed by atoms with E-state index in [2.05, 4.69) is 19.2 Å². The van der Waals surface area contributed by atoms with E-state index in [1.807, 2.05) is 23.1 Å². The van der Waals surface area contributed by atoms with E-state index in [-0.39, 0.29) is 5.91 Å². The molecule has 2 atom stereocenters. The van der Waals surface area contributed by atoms with E-state index in [4.69, 9.17) is 9.47 Å². The van der Waals surface area contributed by atoms with Gasteiger partial charge in [-0.2, -0.15) is 0 Å². The van der Waals surface area contributed by atoms with Gasteiger partial charge in [0.05, 0.1) is 14.2 Å². The molecule has 1 aliphatic rings. The molecule has 1 amide bonds. The number of amides is 1. The third-order valence-electron chi connectivity index (χ3n) is 3.95. The monoisotopic (exact) mass is 306 g/mol. The van der Waals surface area contributed by atoms with E-state index in [0.29, 0.717) is 24.9 Å². The van der Waals surface area contributed by atoms with Crippen LogP contribution in [0.2, 0.25) is 0 Å². The van der Waals surface area contributed by atoms with Gasteiger partial charge in [0.2, 0.25) is 5.91 Å². The zero-order chi connectivity index (χ0) is 16.1. The number of nitrogens with one attached hydrogen (secondary N) is 1. The summed E-state index contributed by atoms with van der Waals surface area (Å²) in [6, 6.07) is 6.46. The fourth-order valence-electron chi connectivity index (χ4n) is 2.95. The second-order valence-corrected chi connectivity index (χ2v) is 5.99. The minimum atomic E-state index is 0.210. The van der Waals surface area contributed by atoms with E-state index in [1.54, 1.807) is 14.2 Å². The Kier molecular flexibility index (Phi) is 5.66. The molecule has 22 heavy (non-hydrogen) atoms. The average Bonchev–Trinajstić information content (AvgIpc) is 2.51. The Hall–Kier alpha value is -1.75. The van der Waals surface area contributed by atoms with Crippen LogP contribution in [0, 0.1) is 0 Å². The van der Waals surface area contributed by atoms with Crippen LogP contribution in [0.1, 0.15) is 25.8 Å². The predicted molar refractivity (Wildman–Crippen MR) is 86.5 cm³/mol. The lowest BCUT2D eigenvalue weighted by atomic mass is 10.1. The van der Waals surface area contributed by atoms with Crippen molar-refractivity contribution < 1.29 is 14.3 Å². The second-order valence-electron chi connectivity index (χ2n) is 5.99. The summed E-state index contributed by atoms with van der Waals surface area (Å²) < 4.78 is 10.5. The van der Waals surface area contributed by atoms with E-state index in [9.17, 15) is 4.79 Å². The molecule has 0 bridgehead atoms. The first-order valence-corrected chi connectivity index (χ1v) is 7.77. The van der Waals surface area contributed by atoms with Crippen LogP contribution in [0.4, 0.5) is 0 Å². The molecule has 1 aromatic carbocycles. The number of nitrogens with zero attached hydrogens (tertiary/aromatic N) is 1. The number of aryl methyl sites for hydroxylation is 1. The number of benzene rings is 1. The Bertz CT molecular complexity index is 486. The lowest BCUT2D eigenvalue weighted by molar-refractivity contribution is -0.132. The van der Waals surface area contributed by atoms with Crippen LogP contribution in [-0.2, 0) is 11.2 Å². The Labute approximate surface area is 132 Å². The molecule has 0 aliphatic carbocycles. The predicted octanol–water partition coefficient (Wildman–Crippen LogP) is 1.85. The molecule has 0 saturated carbocycles. The lowest BCUT2D eigenvalue weighted by Gasteiger charge is -2.36. The first kappa shape index (κ1) is 16.6. The van der Waals surface area contributed by atoms with E-state index >= 15 is 0 Å². The number of rotatable bonds is 5. The van der Waals surface area contributed by atoms with Crippen molar-refractivity contribution in [2.45, 2.75) is 38.8 Å². The van der Waals surface area contributed by atoms with Crippen molar-refractivity contribution in [2.24, 2.45) is 0 Å². The highest BCUT2D eigenvalue weighted by atomic mass is 16.5. The normalized spacial score (nSPS) is 21.5. The number of ether oxygens (including phenoxy) is 2. The van der Waals surface area contributed by atoms with Crippen molar-refractivity contribution in [3.8, 4) is 11.5 Å². The number of hydrogen-bond donors (Lipinski definition) is 1. The first-order valence-electron chi connectivity index (χ1n) is 7.77. The zero-order valence-corrected chi connectivity index (χ0v) is 13.9. The molecule has 0 unspecified atom stereocenters. The summed E-state index contributed by atoms with van der Waals surface area (Å²) in [5.41, 5.74) is 1.06. The molecule has 1 heterocycles. The number of carbonyl (C=O) groups is 1. The molecule has 1 saturated heterocycles. The maximum absolute atomic E-state index is 12.4. The molecule has 0 aromatic heterocycles. The molecule has 5 nitrogen and oxygen atoms in total. The Morgan fingerprint density at radius 1 is 1.14 bits per heavy atom. The van der Waals surface area contributed by atoms with E-state index in [0.717, 1.165) is 30.2 Å². The van der Waals surface area contributed by atoms with Crippen molar-refractivity contribution in [1.29, 1.82) is 0 Å². The molecule has 2 rings (SSSR count). The van der Waals surface area contributed by atoms with Crippen molar-refractivity contribution in [3.63, 3.8) is 0 Å². The molecule has 5 heteroatoms. The largest absolute Gasteiger partial charge is 0.497 e. The molecule has 122 valence electrons. The Balaban J connectivity index is 1.96. The van der Waals surface area contributed by atoms with Gasteiger partial charge in [0.15, 0.2) is 0 Å². The number of carbonyl (C=O) groups excluding carboxylic acids is 1. The molecule has 1 aromatic rings. The smallest absolute Gasteiger partial charge is 0.223 e. The highest BCUT2D eigenvalue weighted by Gasteiger charge is 2.24. The Morgan fingerprint density at radius 2 is 1.68 bits per heavy atom. The molecular weight excluding hydrogens is 280 g/mol. The zero-order valence-electron chi connectivity index (χ0n) is 13.9. The lowest BCUT2D eigenvalue weighted by Crippen LogP contribution is -2.55. The molecular formula is C17H26N2O3. The highest BCUT2D eigenvalue weighted by molar-refractivity contribution is 5.76. The summed E-state index contributed by atoms with van der Waals surface area (Å²) in [6.45, 7) is 5.79. The number of methoxy groups -OCH3 is 2. The number of hydrogen-bond acceptors (Lipinski definition) is 4. The molecule has 1 aliphatic heterocycles. The van der Waals surface area contributed by atoms with E-state index in [1.165, 1.54) is 0 Å². The standard InChI is InChI=1S/C17H26N2O3/c1-12-10-19(11-13(2)18-12)17(20)6-5-14-7-15(21-3)9-16(8-14)22-4/h7-9,12-13,18H,5-6,10-11H2,1-4H3/t12-,13+. The van der Waals surface area contributed by atoms with Gasteiger partial charge in [-0.15, -0.1) is 0 Å². The third kappa shape index (κ3) is 4.37. The van der Waals surface area contributed by atoms with E-state index < -0.39 is 0 Å². The molecule has 0 radical (unpaired) electrons. The topological polar surface area (TPSA) is 50.8 Å². The van der Waals surface area contributed by atoms with Crippen LogP contribution in [-0.4, -0.2) is 50.2 Å². The van der Waals surface area contributed by atoms with Crippen LogP contribution in [0.15, 0.2) is 18.2 Å². The minimum Gasteiger partial charge on any atom is -0.497 e. The molecule has 1 fully saturated rings. The fraction of sp³-hybridized carbons (Fsp3) is 0.588. The second kappa shape index (κ2) is 7.49. The minimum absolute atomic E-state index is 0.210. The van der Waals surface area contributed by atoms with Crippen LogP contribution in [0.25, 0.3) is 0 Å². The van der Waals surface area contributed by atoms with Gasteiger partial charge >= 0.3 is 0 Å². The van der Waals surface area contributed by atoms with Gasteiger partial charge in [0.25, 0.3) is 0 Å². The van der Waals surface area contributed by atoms with Gasteiger partial charge in [-0.1, -0.05) is 0 Å². The average molecular weight is 306 g/mol. The maximum Gasteiger partial charge on any atom is 0.223 e. The summed E-state index contributed by atoms with van der Waals surface area (Å²) in [5.74, 6) is 1.72. The van der Waals surface area contributed by atoms with Crippen molar-refractivity contribution in [3.05, 3.63) is 23.8 Å². The SMILES string of the molecule is COc1cc(CCC(=O)N2C[C@@H](C)N[C@@H](C)C2)cc(OC)c1. The maximum atomic E-state index is 12.4. The van der Waals surface area contributed by atoms with Crippen LogP contribution in [0.3, 0.4) is 0 Å². The van der Waals surface area contributed by atoms with Gasteiger partial charge in [-0.05, 0) is 38.0 Å². The fourth-order valence-corrected chi connectivity index (χ4v) is 2.95. The third-order valence-corrected chi connectivity index (χ3v) is 3.95. The highest BCUT2D eigenvalue weighted by Crippen LogP contribution is 2.23. The number of piperazine rings is 1. The van der Waals surface area contributed by atoms with Crippen LogP contribution < -0.4 is 14.8 Å². The van der Waals surface area contributed by atoms with Gasteiger partial charge in [0, 0.05) is 37.7 Å². The Morgan fingerprint density at radius 3 is 2.18 bits per heavy atom. The summed E-state index contributed by atoms with van der Waals surface area (Å²) in [6.07, 6.45) is 1.20. The van der Waals surface area contributed by atoms with Gasteiger partial charge < -0.3 is 19.7 Å². The van der Waals surface area contributed by atoms with Gasteiger partial charge in [0.1, 0.15) is 11.5 Å². The molecule has 1 N–H and O–H groups in total. The van der Waals surface area contributed by atoms with Gasteiger partial charge in [-0.3, -0.25) is 4.79 Å². The summed E-state index contributed by atoms with van der Waals surface area (Å²) in [5, 5.41) is 3.44. The van der Waals surface area contributed by atoms with Crippen molar-refractivity contribution in [1.82, 2.24) is 10.2 Å². The van der Waals surface area contributed by atoms with Crippen molar-refractivity contribution in [2.75, 3.05) is 27.3 Å².